The van der Waals surface area contributed by atoms with Crippen LogP contribution in [0.25, 0.3) is 0 Å². The summed E-state index contributed by atoms with van der Waals surface area (Å²) < 4.78 is 30.1. The average Bonchev–Trinajstić information content (AvgIpc) is 2.98. The van der Waals surface area contributed by atoms with Crippen LogP contribution in [0.2, 0.25) is 0 Å². The molecule has 0 saturated carbocycles. The number of aryl methyl sites for hydroxylation is 1. The number of hydrogen-bond acceptors (Lipinski definition) is 4. The van der Waals surface area contributed by atoms with E-state index in [1.165, 1.54) is 17.0 Å². The summed E-state index contributed by atoms with van der Waals surface area (Å²) in [5, 5.41) is 3.04. The highest BCUT2D eigenvalue weighted by Gasteiger charge is 2.35. The van der Waals surface area contributed by atoms with Gasteiger partial charge < -0.3 is 10.2 Å². The Morgan fingerprint density at radius 3 is 1.89 bits per heavy atom. The van der Waals surface area contributed by atoms with Crippen LogP contribution in [0.15, 0.2) is 119 Å². The maximum absolute atomic E-state index is 14.5. The van der Waals surface area contributed by atoms with Crippen molar-refractivity contribution in [1.29, 1.82) is 0 Å². The van der Waals surface area contributed by atoms with Crippen molar-refractivity contribution >= 4 is 43.5 Å². The van der Waals surface area contributed by atoms with Gasteiger partial charge in [-0.15, -0.1) is 0 Å². The third-order valence-corrected chi connectivity index (χ3v) is 9.28. The van der Waals surface area contributed by atoms with Gasteiger partial charge in [0, 0.05) is 23.0 Å². The molecule has 9 heteroatoms. The van der Waals surface area contributed by atoms with Crippen LogP contribution in [-0.2, 0) is 32.6 Å². The normalized spacial score (nSPS) is 12.3. The molecule has 230 valence electrons. The van der Waals surface area contributed by atoms with Gasteiger partial charge in [-0.25, -0.2) is 8.42 Å². The summed E-state index contributed by atoms with van der Waals surface area (Å²) in [5.74, 6) is -0.820. The van der Waals surface area contributed by atoms with E-state index in [9.17, 15) is 18.0 Å². The third-order valence-electron chi connectivity index (χ3n) is 6.97. The Morgan fingerprint density at radius 1 is 0.795 bits per heavy atom. The van der Waals surface area contributed by atoms with E-state index in [0.717, 1.165) is 25.5 Å². The monoisotopic (exact) mass is 675 g/mol. The van der Waals surface area contributed by atoms with Crippen LogP contribution in [0.3, 0.4) is 0 Å². The van der Waals surface area contributed by atoms with E-state index >= 15 is 0 Å². The Labute approximate surface area is 269 Å². The smallest absolute Gasteiger partial charge is 0.264 e. The van der Waals surface area contributed by atoms with E-state index in [4.69, 9.17) is 0 Å². The maximum atomic E-state index is 14.5. The molecule has 0 saturated heterocycles. The molecule has 0 radical (unpaired) electrons. The number of benzene rings is 4. The molecular formula is C35H38BrN3O4S. The van der Waals surface area contributed by atoms with Gasteiger partial charge in [0.15, 0.2) is 0 Å². The zero-order valence-electron chi connectivity index (χ0n) is 25.4. The molecule has 4 aromatic rings. The molecule has 0 aliphatic carbocycles. The summed E-state index contributed by atoms with van der Waals surface area (Å²) in [5.41, 5.74) is 2.40. The molecule has 0 heterocycles. The van der Waals surface area contributed by atoms with Crippen molar-refractivity contribution in [3.63, 3.8) is 0 Å². The summed E-state index contributed by atoms with van der Waals surface area (Å²) in [6.07, 6.45) is 0.254. The molecule has 0 spiro atoms. The molecule has 4 aromatic carbocycles. The molecule has 0 bridgehead atoms. The fourth-order valence-electron chi connectivity index (χ4n) is 4.76. The minimum absolute atomic E-state index is 0.0692. The highest BCUT2D eigenvalue weighted by atomic mass is 79.9. The Hall–Kier alpha value is -3.95. The maximum Gasteiger partial charge on any atom is 0.264 e. The number of carbonyl (C=O) groups is 2. The third kappa shape index (κ3) is 8.80. The highest BCUT2D eigenvalue weighted by Crippen LogP contribution is 2.27. The number of sulfonamides is 1. The number of rotatable bonds is 11. The second kappa shape index (κ2) is 14.2. The lowest BCUT2D eigenvalue weighted by molar-refractivity contribution is -0.140. The molecule has 4 rings (SSSR count). The number of carbonyl (C=O) groups excluding carboxylic acids is 2. The van der Waals surface area contributed by atoms with Gasteiger partial charge in [0.1, 0.15) is 12.6 Å². The first kappa shape index (κ1) is 33.0. The van der Waals surface area contributed by atoms with Crippen molar-refractivity contribution in [3.8, 4) is 0 Å². The number of halogens is 1. The highest BCUT2D eigenvalue weighted by molar-refractivity contribution is 9.10. The lowest BCUT2D eigenvalue weighted by atomic mass is 10.0. The van der Waals surface area contributed by atoms with Gasteiger partial charge in [-0.05, 0) is 75.2 Å². The summed E-state index contributed by atoms with van der Waals surface area (Å²) >= 11 is 3.41. The number of anilines is 1. The fraction of sp³-hybridized carbons (Fsp3) is 0.257. The van der Waals surface area contributed by atoms with E-state index in [-0.39, 0.29) is 23.8 Å². The minimum atomic E-state index is -4.15. The second-order valence-electron chi connectivity index (χ2n) is 11.8. The molecular weight excluding hydrogens is 638 g/mol. The molecule has 0 aliphatic rings. The SMILES string of the molecule is Cc1ccc(S(=O)(=O)N(CC(=O)N(Cc2ccccc2)C(Cc2ccccc2)C(=O)NC(C)(C)C)c2ccc(Br)cc2)cc1. The molecule has 1 atom stereocenters. The van der Waals surface area contributed by atoms with Gasteiger partial charge in [0.25, 0.3) is 10.0 Å². The van der Waals surface area contributed by atoms with Crippen LogP contribution >= 0.6 is 15.9 Å². The van der Waals surface area contributed by atoms with Gasteiger partial charge in [-0.1, -0.05) is 94.3 Å². The van der Waals surface area contributed by atoms with E-state index in [1.54, 1.807) is 36.4 Å². The number of nitrogens with zero attached hydrogens (tertiary/aromatic N) is 2. The van der Waals surface area contributed by atoms with E-state index in [0.29, 0.717) is 5.69 Å². The summed E-state index contributed by atoms with van der Waals surface area (Å²) in [4.78, 5) is 29.9. The van der Waals surface area contributed by atoms with Crippen molar-refractivity contribution < 1.29 is 18.0 Å². The molecule has 44 heavy (non-hydrogen) atoms. The van der Waals surface area contributed by atoms with Gasteiger partial charge in [0.05, 0.1) is 10.6 Å². The number of hydrogen-bond donors (Lipinski definition) is 1. The fourth-order valence-corrected chi connectivity index (χ4v) is 6.44. The number of nitrogens with one attached hydrogen (secondary N) is 1. The van der Waals surface area contributed by atoms with Crippen LogP contribution in [-0.4, -0.2) is 43.3 Å². The molecule has 1 unspecified atom stereocenters. The van der Waals surface area contributed by atoms with E-state index in [2.05, 4.69) is 21.2 Å². The van der Waals surface area contributed by atoms with Crippen molar-refractivity contribution in [3.05, 3.63) is 130 Å². The lowest BCUT2D eigenvalue weighted by Crippen LogP contribution is -2.56. The van der Waals surface area contributed by atoms with Crippen molar-refractivity contribution in [1.82, 2.24) is 10.2 Å². The predicted octanol–water partition coefficient (Wildman–Crippen LogP) is 6.51. The zero-order chi connectivity index (χ0) is 31.9. The summed E-state index contributed by atoms with van der Waals surface area (Å²) in [6.45, 7) is 7.15. The Bertz CT molecular complexity index is 1660. The van der Waals surface area contributed by atoms with Crippen LogP contribution in [0.4, 0.5) is 5.69 Å². The van der Waals surface area contributed by atoms with Crippen LogP contribution in [0.5, 0.6) is 0 Å². The Morgan fingerprint density at radius 2 is 1.34 bits per heavy atom. The van der Waals surface area contributed by atoms with E-state index < -0.39 is 34.1 Å². The minimum Gasteiger partial charge on any atom is -0.350 e. The predicted molar refractivity (Wildman–Crippen MR) is 179 cm³/mol. The Balaban J connectivity index is 1.80. The second-order valence-corrected chi connectivity index (χ2v) is 14.5. The first-order valence-corrected chi connectivity index (χ1v) is 16.6. The van der Waals surface area contributed by atoms with Gasteiger partial charge in [-0.3, -0.25) is 13.9 Å². The molecule has 0 fully saturated rings. The van der Waals surface area contributed by atoms with E-state index in [1.807, 2.05) is 88.4 Å². The molecule has 1 N–H and O–H groups in total. The van der Waals surface area contributed by atoms with Gasteiger partial charge in [-0.2, -0.15) is 0 Å². The average molecular weight is 677 g/mol. The molecule has 7 nitrogen and oxygen atoms in total. The molecule has 2 amide bonds. The van der Waals surface area contributed by atoms with Crippen LogP contribution in [0, 0.1) is 6.92 Å². The first-order chi connectivity index (χ1) is 20.8. The van der Waals surface area contributed by atoms with Crippen molar-refractivity contribution in [2.24, 2.45) is 0 Å². The lowest BCUT2D eigenvalue weighted by Gasteiger charge is -2.35. The van der Waals surface area contributed by atoms with Gasteiger partial charge >= 0.3 is 0 Å². The molecule has 0 aromatic heterocycles. The van der Waals surface area contributed by atoms with Crippen LogP contribution in [0.1, 0.15) is 37.5 Å². The van der Waals surface area contributed by atoms with Crippen molar-refractivity contribution in [2.75, 3.05) is 10.8 Å². The van der Waals surface area contributed by atoms with Gasteiger partial charge in [0.2, 0.25) is 11.8 Å². The Kier molecular flexibility index (Phi) is 10.7. The first-order valence-electron chi connectivity index (χ1n) is 14.4. The standard InChI is InChI=1S/C35H38BrN3O4S/c1-26-15-21-31(22-16-26)44(42,43)39(30-19-17-29(36)18-20-30)25-33(40)38(24-28-13-9-6-10-14-28)32(34(41)37-35(2,3)4)23-27-11-7-5-8-12-27/h5-22,32H,23-25H2,1-4H3,(H,37,41). The topological polar surface area (TPSA) is 86.8 Å². The largest absolute Gasteiger partial charge is 0.350 e. The quantitative estimate of drug-likeness (QED) is 0.196. The molecule has 0 aliphatic heterocycles. The zero-order valence-corrected chi connectivity index (χ0v) is 27.8. The number of amides is 2. The van der Waals surface area contributed by atoms with Crippen LogP contribution < -0.4 is 9.62 Å². The summed E-state index contributed by atoms with van der Waals surface area (Å²) in [6, 6.07) is 31.3. The van der Waals surface area contributed by atoms with Crippen molar-refractivity contribution in [2.45, 2.75) is 57.1 Å². The summed E-state index contributed by atoms with van der Waals surface area (Å²) in [7, 11) is -4.15.